The molecule has 88 valence electrons. The lowest BCUT2D eigenvalue weighted by atomic mass is 9.88. The first-order chi connectivity index (χ1) is 7.27. The van der Waals surface area contributed by atoms with Crippen molar-refractivity contribution in [3.63, 3.8) is 0 Å². The van der Waals surface area contributed by atoms with Crippen molar-refractivity contribution in [2.75, 3.05) is 33.4 Å². The number of hydrogen-bond donors (Lipinski definition) is 1. The van der Waals surface area contributed by atoms with Crippen LogP contribution in [0, 0.1) is 5.92 Å². The normalized spacial score (nSPS) is 33.0. The standard InChI is InChI=1S/C12H24N2O/c1-14(9-11-3-4-11)12(10-13)5-2-7-15-8-6-12/h11H,2-10,13H2,1H3. The van der Waals surface area contributed by atoms with Gasteiger partial charge in [0.1, 0.15) is 0 Å². The Labute approximate surface area is 93.0 Å². The summed E-state index contributed by atoms with van der Waals surface area (Å²) < 4.78 is 5.54. The van der Waals surface area contributed by atoms with E-state index in [1.165, 1.54) is 25.8 Å². The van der Waals surface area contributed by atoms with Crippen molar-refractivity contribution in [3.8, 4) is 0 Å². The van der Waals surface area contributed by atoms with E-state index in [1.807, 2.05) is 0 Å². The van der Waals surface area contributed by atoms with Crippen LogP contribution >= 0.6 is 0 Å². The molecule has 2 N–H and O–H groups in total. The zero-order chi connectivity index (χ0) is 10.7. The van der Waals surface area contributed by atoms with Gasteiger partial charge in [-0.05, 0) is 45.1 Å². The van der Waals surface area contributed by atoms with Crippen LogP contribution in [-0.4, -0.2) is 43.8 Å². The first-order valence-corrected chi connectivity index (χ1v) is 6.26. The minimum absolute atomic E-state index is 0.221. The number of likely N-dealkylation sites (N-methyl/N-ethyl adjacent to an activating group) is 1. The van der Waals surface area contributed by atoms with Crippen molar-refractivity contribution in [1.29, 1.82) is 0 Å². The molecule has 1 atom stereocenters. The van der Waals surface area contributed by atoms with Crippen molar-refractivity contribution in [2.45, 2.75) is 37.6 Å². The summed E-state index contributed by atoms with van der Waals surface area (Å²) in [6.45, 7) is 3.81. The van der Waals surface area contributed by atoms with Crippen molar-refractivity contribution in [3.05, 3.63) is 0 Å². The SMILES string of the molecule is CN(CC1CC1)C1(CN)CCCOCC1. The molecule has 0 aromatic heterocycles. The fraction of sp³-hybridized carbons (Fsp3) is 1.00. The molecule has 1 saturated carbocycles. The molecular weight excluding hydrogens is 188 g/mol. The molecule has 0 aromatic carbocycles. The van der Waals surface area contributed by atoms with E-state index in [9.17, 15) is 0 Å². The molecule has 1 unspecified atom stereocenters. The lowest BCUT2D eigenvalue weighted by molar-refractivity contribution is 0.0854. The molecule has 1 aliphatic heterocycles. The van der Waals surface area contributed by atoms with Gasteiger partial charge in [-0.2, -0.15) is 0 Å². The Bertz CT molecular complexity index is 196. The van der Waals surface area contributed by atoms with Crippen LogP contribution < -0.4 is 5.73 Å². The van der Waals surface area contributed by atoms with Crippen molar-refractivity contribution in [2.24, 2.45) is 11.7 Å². The van der Waals surface area contributed by atoms with Crippen LogP contribution in [0.4, 0.5) is 0 Å². The summed E-state index contributed by atoms with van der Waals surface area (Å²) in [4.78, 5) is 2.51. The van der Waals surface area contributed by atoms with Crippen LogP contribution in [0.1, 0.15) is 32.1 Å². The Morgan fingerprint density at radius 2 is 2.13 bits per heavy atom. The summed E-state index contributed by atoms with van der Waals surface area (Å²) in [6, 6.07) is 0. The zero-order valence-electron chi connectivity index (χ0n) is 9.87. The van der Waals surface area contributed by atoms with Crippen molar-refractivity contribution >= 4 is 0 Å². The minimum Gasteiger partial charge on any atom is -0.381 e. The number of hydrogen-bond acceptors (Lipinski definition) is 3. The van der Waals surface area contributed by atoms with Gasteiger partial charge in [0.15, 0.2) is 0 Å². The molecule has 0 bridgehead atoms. The molecule has 0 spiro atoms. The van der Waals surface area contributed by atoms with Gasteiger partial charge < -0.3 is 10.5 Å². The van der Waals surface area contributed by atoms with E-state index < -0.39 is 0 Å². The quantitative estimate of drug-likeness (QED) is 0.761. The van der Waals surface area contributed by atoms with Gasteiger partial charge in [0.25, 0.3) is 0 Å². The maximum absolute atomic E-state index is 6.01. The molecule has 2 aliphatic rings. The number of ether oxygens (including phenoxy) is 1. The molecule has 2 fully saturated rings. The molecule has 0 aromatic rings. The third-order valence-corrected chi connectivity index (χ3v) is 4.06. The van der Waals surface area contributed by atoms with E-state index in [0.717, 1.165) is 38.5 Å². The Morgan fingerprint density at radius 1 is 1.33 bits per heavy atom. The molecule has 1 heterocycles. The van der Waals surface area contributed by atoms with Crippen LogP contribution in [0.15, 0.2) is 0 Å². The third kappa shape index (κ3) is 2.71. The summed E-state index contributed by atoms with van der Waals surface area (Å²) in [5, 5.41) is 0. The molecule has 15 heavy (non-hydrogen) atoms. The first-order valence-electron chi connectivity index (χ1n) is 6.26. The van der Waals surface area contributed by atoms with Crippen LogP contribution in [0.25, 0.3) is 0 Å². The van der Waals surface area contributed by atoms with Crippen molar-refractivity contribution < 1.29 is 4.74 Å². The topological polar surface area (TPSA) is 38.5 Å². The highest BCUT2D eigenvalue weighted by Crippen LogP contribution is 2.34. The maximum Gasteiger partial charge on any atom is 0.0484 e. The Balaban J connectivity index is 1.96. The lowest BCUT2D eigenvalue weighted by Crippen LogP contribution is -2.53. The second kappa shape index (κ2) is 4.81. The van der Waals surface area contributed by atoms with Crippen molar-refractivity contribution in [1.82, 2.24) is 4.90 Å². The fourth-order valence-electron chi connectivity index (χ4n) is 2.62. The monoisotopic (exact) mass is 212 g/mol. The number of nitrogens with zero attached hydrogens (tertiary/aromatic N) is 1. The molecule has 2 rings (SSSR count). The molecule has 1 aliphatic carbocycles. The van der Waals surface area contributed by atoms with Gasteiger partial charge in [0.05, 0.1) is 0 Å². The van der Waals surface area contributed by atoms with Gasteiger partial charge in [-0.25, -0.2) is 0 Å². The predicted molar refractivity (Wildman–Crippen MR) is 61.8 cm³/mol. The highest BCUT2D eigenvalue weighted by atomic mass is 16.5. The fourth-order valence-corrected chi connectivity index (χ4v) is 2.62. The second-order valence-corrected chi connectivity index (χ2v) is 5.22. The molecule has 3 nitrogen and oxygen atoms in total. The predicted octanol–water partition coefficient (Wildman–Crippen LogP) is 1.23. The Hall–Kier alpha value is -0.120. The third-order valence-electron chi connectivity index (χ3n) is 4.06. The van der Waals surface area contributed by atoms with E-state index in [-0.39, 0.29) is 5.54 Å². The van der Waals surface area contributed by atoms with Crippen LogP contribution in [0.3, 0.4) is 0 Å². The smallest absolute Gasteiger partial charge is 0.0484 e. The van der Waals surface area contributed by atoms with Gasteiger partial charge in [-0.3, -0.25) is 4.90 Å². The summed E-state index contributed by atoms with van der Waals surface area (Å²) >= 11 is 0. The van der Waals surface area contributed by atoms with Crippen LogP contribution in [-0.2, 0) is 4.74 Å². The van der Waals surface area contributed by atoms with E-state index in [1.54, 1.807) is 0 Å². The minimum atomic E-state index is 0.221. The van der Waals surface area contributed by atoms with Gasteiger partial charge in [0.2, 0.25) is 0 Å². The van der Waals surface area contributed by atoms with E-state index >= 15 is 0 Å². The summed E-state index contributed by atoms with van der Waals surface area (Å²) in [6.07, 6.45) is 6.30. The largest absolute Gasteiger partial charge is 0.381 e. The molecule has 1 saturated heterocycles. The van der Waals surface area contributed by atoms with Gasteiger partial charge in [-0.15, -0.1) is 0 Å². The molecule has 0 amide bonds. The van der Waals surface area contributed by atoms with Crippen LogP contribution in [0.5, 0.6) is 0 Å². The van der Waals surface area contributed by atoms with Gasteiger partial charge in [0, 0.05) is 31.8 Å². The van der Waals surface area contributed by atoms with E-state index in [4.69, 9.17) is 10.5 Å². The van der Waals surface area contributed by atoms with Gasteiger partial charge in [-0.1, -0.05) is 0 Å². The number of rotatable bonds is 4. The lowest BCUT2D eigenvalue weighted by Gasteiger charge is -2.40. The molecule has 0 radical (unpaired) electrons. The average Bonchev–Trinajstić information content (AvgIpc) is 3.03. The van der Waals surface area contributed by atoms with E-state index in [2.05, 4.69) is 11.9 Å². The van der Waals surface area contributed by atoms with Crippen LogP contribution in [0.2, 0.25) is 0 Å². The second-order valence-electron chi connectivity index (χ2n) is 5.22. The highest BCUT2D eigenvalue weighted by molar-refractivity contribution is 4.93. The van der Waals surface area contributed by atoms with E-state index in [0.29, 0.717) is 0 Å². The zero-order valence-corrected chi connectivity index (χ0v) is 9.87. The Kier molecular flexibility index (Phi) is 3.65. The highest BCUT2D eigenvalue weighted by Gasteiger charge is 2.36. The summed E-state index contributed by atoms with van der Waals surface area (Å²) in [5.41, 5.74) is 6.23. The summed E-state index contributed by atoms with van der Waals surface area (Å²) in [5.74, 6) is 0.947. The first kappa shape index (κ1) is 11.4. The maximum atomic E-state index is 6.01. The number of nitrogens with two attached hydrogens (primary N) is 1. The molecule has 3 heteroatoms. The Morgan fingerprint density at radius 3 is 2.80 bits per heavy atom. The molecular formula is C12H24N2O. The summed E-state index contributed by atoms with van der Waals surface area (Å²) in [7, 11) is 2.25. The average molecular weight is 212 g/mol. The van der Waals surface area contributed by atoms with Gasteiger partial charge >= 0.3 is 0 Å².